The highest BCUT2D eigenvalue weighted by molar-refractivity contribution is 6.32. The van der Waals surface area contributed by atoms with Crippen LogP contribution in [0.3, 0.4) is 0 Å². The van der Waals surface area contributed by atoms with E-state index in [1.54, 1.807) is 11.0 Å². The van der Waals surface area contributed by atoms with Crippen molar-refractivity contribution in [1.82, 2.24) is 0 Å². The number of ether oxygens (including phenoxy) is 1. The Labute approximate surface area is 147 Å². The molecule has 0 saturated carbocycles. The highest BCUT2D eigenvalue weighted by Crippen LogP contribution is 2.41. The summed E-state index contributed by atoms with van der Waals surface area (Å²) in [5, 5.41) is 8.71. The molecule has 3 rings (SSSR count). The first-order valence-electron chi connectivity index (χ1n) is 8.21. The molecule has 0 radical (unpaired) electrons. The van der Waals surface area contributed by atoms with Crippen LogP contribution in [0.15, 0.2) is 28.4 Å². The highest BCUT2D eigenvalue weighted by Gasteiger charge is 2.40. The molecule has 1 atom stereocenters. The minimum Gasteiger partial charge on any atom is -0.485 e. The molecule has 1 aromatic rings. The molecule has 2 aliphatic heterocycles. The number of rotatable bonds is 6. The summed E-state index contributed by atoms with van der Waals surface area (Å²) in [6.07, 6.45) is 8.36. The molecule has 1 amide bonds. The van der Waals surface area contributed by atoms with E-state index in [4.69, 9.17) is 22.8 Å². The quantitative estimate of drug-likeness (QED) is 0.725. The second-order valence-electron chi connectivity index (χ2n) is 6.13. The second-order valence-corrected chi connectivity index (χ2v) is 6.53. The van der Waals surface area contributed by atoms with Crippen LogP contribution in [-0.2, 0) is 4.79 Å². The van der Waals surface area contributed by atoms with Gasteiger partial charge in [-0.15, -0.1) is 12.3 Å². The SMILES string of the molecule is C#CCCC1(CCC(=O)N2CC(CC)Oc3c(Cl)cccc32)N=N1. The Morgan fingerprint density at radius 3 is 2.96 bits per heavy atom. The summed E-state index contributed by atoms with van der Waals surface area (Å²) in [7, 11) is 0. The lowest BCUT2D eigenvalue weighted by molar-refractivity contribution is -0.119. The number of amides is 1. The number of carbonyl (C=O) groups is 1. The van der Waals surface area contributed by atoms with Gasteiger partial charge in [0, 0.05) is 25.7 Å². The number of anilines is 1. The fraction of sp³-hybridized carbons (Fsp3) is 0.500. The molecule has 0 saturated heterocycles. The summed E-state index contributed by atoms with van der Waals surface area (Å²) in [6.45, 7) is 2.57. The molecule has 0 N–H and O–H groups in total. The summed E-state index contributed by atoms with van der Waals surface area (Å²) in [4.78, 5) is 14.6. The van der Waals surface area contributed by atoms with Crippen LogP contribution < -0.4 is 9.64 Å². The average Bonchev–Trinajstić information content (AvgIpc) is 3.38. The number of hydrogen-bond donors (Lipinski definition) is 0. The van der Waals surface area contributed by atoms with E-state index < -0.39 is 5.66 Å². The first-order valence-corrected chi connectivity index (χ1v) is 8.59. The smallest absolute Gasteiger partial charge is 0.227 e. The van der Waals surface area contributed by atoms with E-state index >= 15 is 0 Å². The van der Waals surface area contributed by atoms with Crippen LogP contribution in [0.4, 0.5) is 5.69 Å². The zero-order valence-corrected chi connectivity index (χ0v) is 14.4. The zero-order valence-electron chi connectivity index (χ0n) is 13.7. The molecule has 126 valence electrons. The van der Waals surface area contributed by atoms with Gasteiger partial charge < -0.3 is 9.64 Å². The summed E-state index contributed by atoms with van der Waals surface area (Å²) in [6, 6.07) is 5.47. The molecule has 0 bridgehead atoms. The molecule has 5 nitrogen and oxygen atoms in total. The van der Waals surface area contributed by atoms with Gasteiger partial charge in [0.05, 0.1) is 17.3 Å². The molecule has 0 fully saturated rings. The van der Waals surface area contributed by atoms with Gasteiger partial charge in [0.2, 0.25) is 5.91 Å². The van der Waals surface area contributed by atoms with Crippen molar-refractivity contribution in [3.05, 3.63) is 23.2 Å². The molecule has 0 spiro atoms. The standard InChI is InChI=1S/C18H20ClN3O2/c1-3-5-10-18(20-21-18)11-9-16(23)22-12-13(4-2)24-17-14(19)7-6-8-15(17)22/h1,6-8,13H,4-5,9-12H2,2H3. The van der Waals surface area contributed by atoms with E-state index in [2.05, 4.69) is 16.1 Å². The van der Waals surface area contributed by atoms with Crippen LogP contribution in [0.5, 0.6) is 5.75 Å². The van der Waals surface area contributed by atoms with Gasteiger partial charge >= 0.3 is 0 Å². The van der Waals surface area contributed by atoms with E-state index in [1.165, 1.54) is 0 Å². The number of halogens is 1. The number of terminal acetylenes is 1. The van der Waals surface area contributed by atoms with Crippen LogP contribution in [0, 0.1) is 12.3 Å². The van der Waals surface area contributed by atoms with Crippen molar-refractivity contribution in [3.8, 4) is 18.1 Å². The van der Waals surface area contributed by atoms with Gasteiger partial charge in [0.25, 0.3) is 0 Å². The molecule has 24 heavy (non-hydrogen) atoms. The second kappa shape index (κ2) is 6.82. The van der Waals surface area contributed by atoms with Crippen molar-refractivity contribution in [1.29, 1.82) is 0 Å². The summed E-state index contributed by atoms with van der Waals surface area (Å²) >= 11 is 6.24. The van der Waals surface area contributed by atoms with E-state index in [1.807, 2.05) is 19.1 Å². The fourth-order valence-electron chi connectivity index (χ4n) is 2.89. The average molecular weight is 346 g/mol. The summed E-state index contributed by atoms with van der Waals surface area (Å²) in [5.74, 6) is 3.23. The summed E-state index contributed by atoms with van der Waals surface area (Å²) in [5.41, 5.74) is 0.301. The minimum atomic E-state index is -0.435. The largest absolute Gasteiger partial charge is 0.485 e. The van der Waals surface area contributed by atoms with Gasteiger partial charge in [0.15, 0.2) is 11.4 Å². The third kappa shape index (κ3) is 3.39. The molecule has 2 heterocycles. The monoisotopic (exact) mass is 345 g/mol. The maximum atomic E-state index is 12.8. The Morgan fingerprint density at radius 2 is 2.29 bits per heavy atom. The molecule has 0 aromatic heterocycles. The van der Waals surface area contributed by atoms with Gasteiger partial charge in [-0.1, -0.05) is 24.6 Å². The van der Waals surface area contributed by atoms with Crippen molar-refractivity contribution in [2.24, 2.45) is 10.2 Å². The number of para-hydroxylation sites is 1. The molecule has 1 aromatic carbocycles. The molecule has 1 unspecified atom stereocenters. The lowest BCUT2D eigenvalue weighted by Gasteiger charge is -2.35. The van der Waals surface area contributed by atoms with E-state index in [-0.39, 0.29) is 12.0 Å². The van der Waals surface area contributed by atoms with Gasteiger partial charge in [-0.05, 0) is 18.6 Å². The summed E-state index contributed by atoms with van der Waals surface area (Å²) < 4.78 is 5.92. The molecule has 0 aliphatic carbocycles. The highest BCUT2D eigenvalue weighted by atomic mass is 35.5. The number of carbonyl (C=O) groups excluding carboxylic acids is 1. The van der Waals surface area contributed by atoms with Gasteiger partial charge in [-0.2, -0.15) is 10.2 Å². The lowest BCUT2D eigenvalue weighted by atomic mass is 10.0. The Kier molecular flexibility index (Phi) is 4.77. The predicted molar refractivity (Wildman–Crippen MR) is 93.4 cm³/mol. The normalized spacial score (nSPS) is 20.0. The van der Waals surface area contributed by atoms with Gasteiger partial charge in [0.1, 0.15) is 6.10 Å². The number of nitrogens with zero attached hydrogens (tertiary/aromatic N) is 3. The van der Waals surface area contributed by atoms with Crippen molar-refractivity contribution < 1.29 is 9.53 Å². The van der Waals surface area contributed by atoms with Gasteiger partial charge in [-0.3, -0.25) is 4.79 Å². The van der Waals surface area contributed by atoms with Crippen LogP contribution in [-0.4, -0.2) is 24.2 Å². The minimum absolute atomic E-state index is 0.0395. The number of hydrogen-bond acceptors (Lipinski definition) is 4. The third-order valence-corrected chi connectivity index (χ3v) is 4.75. The van der Waals surface area contributed by atoms with E-state index in [0.29, 0.717) is 43.0 Å². The van der Waals surface area contributed by atoms with Crippen LogP contribution >= 0.6 is 11.6 Å². The van der Waals surface area contributed by atoms with Crippen LogP contribution in [0.1, 0.15) is 39.0 Å². The maximum Gasteiger partial charge on any atom is 0.227 e. The first-order chi connectivity index (χ1) is 11.6. The fourth-order valence-corrected chi connectivity index (χ4v) is 3.11. The lowest BCUT2D eigenvalue weighted by Crippen LogP contribution is -2.43. The number of fused-ring (bicyclic) bond motifs is 1. The number of benzene rings is 1. The van der Waals surface area contributed by atoms with Crippen molar-refractivity contribution >= 4 is 23.2 Å². The molecule has 6 heteroatoms. The van der Waals surface area contributed by atoms with E-state index in [0.717, 1.165) is 12.1 Å². The zero-order chi connectivity index (χ0) is 17.2. The van der Waals surface area contributed by atoms with Crippen LogP contribution in [0.2, 0.25) is 5.02 Å². The van der Waals surface area contributed by atoms with Gasteiger partial charge in [-0.25, -0.2) is 0 Å². The Bertz CT molecular complexity index is 705. The molecule has 2 aliphatic rings. The first kappa shape index (κ1) is 16.8. The Balaban J connectivity index is 1.71. The topological polar surface area (TPSA) is 54.3 Å². The Morgan fingerprint density at radius 1 is 1.50 bits per heavy atom. The van der Waals surface area contributed by atoms with E-state index in [9.17, 15) is 4.79 Å². The molecular weight excluding hydrogens is 326 g/mol. The van der Waals surface area contributed by atoms with Crippen molar-refractivity contribution in [2.45, 2.75) is 50.8 Å². The molecular formula is C18H20ClN3O2. The van der Waals surface area contributed by atoms with Crippen molar-refractivity contribution in [3.63, 3.8) is 0 Å². The van der Waals surface area contributed by atoms with Crippen LogP contribution in [0.25, 0.3) is 0 Å². The maximum absolute atomic E-state index is 12.8. The predicted octanol–water partition coefficient (Wildman–Crippen LogP) is 4.20. The van der Waals surface area contributed by atoms with Crippen molar-refractivity contribution in [2.75, 3.05) is 11.4 Å². The third-order valence-electron chi connectivity index (χ3n) is 4.46. The Hall–Kier alpha value is -2.06.